The standard InChI is InChI=1S/C27H26N4O4S2/c1-5-13-31-26(32)24-19(14-21(37-24)17-11-9-16(2)10-12-17)28-27(31)36-15-22-29-25(30-35-22)18-7-6-8-20(33-3)23(18)34-4/h6-12,14H,5,13,15H2,1-4H3. The van der Waals surface area contributed by atoms with Crippen LogP contribution in [0.1, 0.15) is 24.8 Å². The molecule has 0 aliphatic heterocycles. The van der Waals surface area contributed by atoms with Crippen LogP contribution in [0.2, 0.25) is 0 Å². The van der Waals surface area contributed by atoms with Crippen molar-refractivity contribution in [3.05, 3.63) is 70.3 Å². The van der Waals surface area contributed by atoms with Gasteiger partial charge in [-0.25, -0.2) is 4.98 Å². The quantitative estimate of drug-likeness (QED) is 0.163. The average Bonchev–Trinajstić information content (AvgIpc) is 3.57. The van der Waals surface area contributed by atoms with Crippen LogP contribution in [0.25, 0.3) is 32.0 Å². The number of aryl methyl sites for hydroxylation is 1. The second-order valence-electron chi connectivity index (χ2n) is 8.38. The van der Waals surface area contributed by atoms with E-state index in [0.717, 1.165) is 16.9 Å². The van der Waals surface area contributed by atoms with Gasteiger partial charge in [-0.3, -0.25) is 9.36 Å². The molecule has 10 heteroatoms. The summed E-state index contributed by atoms with van der Waals surface area (Å²) < 4.78 is 18.8. The molecule has 5 aromatic rings. The molecule has 0 N–H and O–H groups in total. The van der Waals surface area contributed by atoms with Crippen LogP contribution in [0.3, 0.4) is 0 Å². The van der Waals surface area contributed by atoms with Gasteiger partial charge in [0.1, 0.15) is 4.70 Å². The SMILES string of the molecule is CCCn1c(SCc2nc(-c3cccc(OC)c3OC)no2)nc2cc(-c3ccc(C)cc3)sc2c1=O. The number of benzene rings is 2. The van der Waals surface area contributed by atoms with Crippen LogP contribution in [0.5, 0.6) is 11.5 Å². The van der Waals surface area contributed by atoms with E-state index in [9.17, 15) is 4.79 Å². The number of ether oxygens (including phenoxy) is 2. The lowest BCUT2D eigenvalue weighted by atomic mass is 10.1. The zero-order valence-corrected chi connectivity index (χ0v) is 22.6. The number of thioether (sulfide) groups is 1. The third kappa shape index (κ3) is 4.99. The van der Waals surface area contributed by atoms with E-state index in [1.54, 1.807) is 18.8 Å². The minimum atomic E-state index is -0.0231. The van der Waals surface area contributed by atoms with E-state index in [1.807, 2.05) is 31.2 Å². The van der Waals surface area contributed by atoms with Gasteiger partial charge in [-0.05, 0) is 37.1 Å². The Kier molecular flexibility index (Phi) is 7.29. The Morgan fingerprint density at radius 3 is 2.62 bits per heavy atom. The lowest BCUT2D eigenvalue weighted by Crippen LogP contribution is -2.22. The predicted octanol–water partition coefficient (Wildman–Crippen LogP) is 6.20. The summed E-state index contributed by atoms with van der Waals surface area (Å²) in [4.78, 5) is 23.8. The van der Waals surface area contributed by atoms with Gasteiger partial charge >= 0.3 is 0 Å². The number of fused-ring (bicyclic) bond motifs is 1. The van der Waals surface area contributed by atoms with E-state index in [-0.39, 0.29) is 5.56 Å². The van der Waals surface area contributed by atoms with E-state index in [2.05, 4.69) is 41.3 Å². The second-order valence-corrected chi connectivity index (χ2v) is 10.4. The fourth-order valence-corrected chi connectivity index (χ4v) is 5.91. The number of rotatable bonds is 9. The molecule has 0 spiro atoms. The predicted molar refractivity (Wildman–Crippen MR) is 147 cm³/mol. The van der Waals surface area contributed by atoms with Crippen molar-refractivity contribution in [3.63, 3.8) is 0 Å². The second kappa shape index (κ2) is 10.8. The van der Waals surface area contributed by atoms with E-state index >= 15 is 0 Å². The molecule has 0 amide bonds. The molecule has 0 unspecified atom stereocenters. The Labute approximate surface area is 222 Å². The van der Waals surface area contributed by atoms with Gasteiger partial charge in [-0.1, -0.05) is 59.7 Å². The third-order valence-corrected chi connectivity index (χ3v) is 7.94. The van der Waals surface area contributed by atoms with Crippen molar-refractivity contribution >= 4 is 33.3 Å². The van der Waals surface area contributed by atoms with Crippen LogP contribution in [0.15, 0.2) is 63.0 Å². The van der Waals surface area contributed by atoms with Crippen LogP contribution in [0.4, 0.5) is 0 Å². The molecule has 0 saturated heterocycles. The Balaban J connectivity index is 1.44. The van der Waals surface area contributed by atoms with Gasteiger partial charge in [-0.15, -0.1) is 11.3 Å². The highest BCUT2D eigenvalue weighted by Crippen LogP contribution is 2.37. The van der Waals surface area contributed by atoms with E-state index in [1.165, 1.54) is 28.7 Å². The number of hydrogen-bond donors (Lipinski definition) is 0. The maximum atomic E-state index is 13.4. The smallest absolute Gasteiger partial charge is 0.272 e. The maximum absolute atomic E-state index is 13.4. The number of para-hydroxylation sites is 1. The lowest BCUT2D eigenvalue weighted by Gasteiger charge is -2.10. The molecule has 0 radical (unpaired) electrons. The topological polar surface area (TPSA) is 92.3 Å². The first-order valence-electron chi connectivity index (χ1n) is 11.8. The first-order valence-corrected chi connectivity index (χ1v) is 13.6. The van der Waals surface area contributed by atoms with Crippen molar-refractivity contribution in [1.82, 2.24) is 19.7 Å². The third-order valence-electron chi connectivity index (χ3n) is 5.82. The highest BCUT2D eigenvalue weighted by atomic mass is 32.2. The van der Waals surface area contributed by atoms with E-state index in [4.69, 9.17) is 19.0 Å². The van der Waals surface area contributed by atoms with Gasteiger partial charge in [0.05, 0.1) is 31.1 Å². The van der Waals surface area contributed by atoms with Crippen LogP contribution in [-0.4, -0.2) is 33.9 Å². The summed E-state index contributed by atoms with van der Waals surface area (Å²) in [6, 6.07) is 15.8. The Hall–Kier alpha value is -3.63. The summed E-state index contributed by atoms with van der Waals surface area (Å²) in [5.41, 5.74) is 3.63. The van der Waals surface area contributed by atoms with Crippen molar-refractivity contribution < 1.29 is 14.0 Å². The van der Waals surface area contributed by atoms with Crippen LogP contribution >= 0.6 is 23.1 Å². The average molecular weight is 535 g/mol. The van der Waals surface area contributed by atoms with Gasteiger partial charge in [0.15, 0.2) is 16.7 Å². The molecule has 0 fully saturated rings. The summed E-state index contributed by atoms with van der Waals surface area (Å²) in [5, 5.41) is 4.76. The molecule has 8 nitrogen and oxygen atoms in total. The van der Waals surface area contributed by atoms with Gasteiger partial charge in [0.2, 0.25) is 11.7 Å². The van der Waals surface area contributed by atoms with Gasteiger partial charge in [0, 0.05) is 11.4 Å². The minimum absolute atomic E-state index is 0.0231. The van der Waals surface area contributed by atoms with E-state index < -0.39 is 0 Å². The largest absolute Gasteiger partial charge is 0.493 e. The molecule has 3 aromatic heterocycles. The number of nitrogens with zero attached hydrogens (tertiary/aromatic N) is 4. The number of hydrogen-bond acceptors (Lipinski definition) is 9. The van der Waals surface area contributed by atoms with Gasteiger partial charge < -0.3 is 14.0 Å². The molecule has 0 aliphatic carbocycles. The first kappa shape index (κ1) is 25.0. The lowest BCUT2D eigenvalue weighted by molar-refractivity contribution is 0.355. The zero-order chi connectivity index (χ0) is 25.9. The van der Waals surface area contributed by atoms with Crippen LogP contribution in [0, 0.1) is 6.92 Å². The molecule has 3 heterocycles. The van der Waals surface area contributed by atoms with Crippen molar-refractivity contribution in [2.75, 3.05) is 14.2 Å². The fraction of sp³-hybridized carbons (Fsp3) is 0.259. The fourth-order valence-electron chi connectivity index (χ4n) is 3.99. The van der Waals surface area contributed by atoms with Crippen molar-refractivity contribution in [2.24, 2.45) is 0 Å². The highest BCUT2D eigenvalue weighted by Gasteiger charge is 2.19. The summed E-state index contributed by atoms with van der Waals surface area (Å²) in [5.74, 6) is 2.32. The highest BCUT2D eigenvalue weighted by molar-refractivity contribution is 7.98. The van der Waals surface area contributed by atoms with Crippen molar-refractivity contribution in [2.45, 2.75) is 37.7 Å². The molecule has 0 bridgehead atoms. The Bertz CT molecular complexity index is 1610. The van der Waals surface area contributed by atoms with E-state index in [0.29, 0.717) is 56.4 Å². The number of thiophene rings is 1. The summed E-state index contributed by atoms with van der Waals surface area (Å²) in [6.45, 7) is 4.68. The van der Waals surface area contributed by atoms with Crippen molar-refractivity contribution in [3.8, 4) is 33.3 Å². The van der Waals surface area contributed by atoms with Gasteiger partial charge in [0.25, 0.3) is 5.56 Å². The number of aromatic nitrogens is 4. The number of methoxy groups -OCH3 is 2. The molecule has 0 aliphatic rings. The summed E-state index contributed by atoms with van der Waals surface area (Å²) in [7, 11) is 3.15. The van der Waals surface area contributed by atoms with Crippen LogP contribution < -0.4 is 15.0 Å². The minimum Gasteiger partial charge on any atom is -0.493 e. The Morgan fingerprint density at radius 2 is 1.89 bits per heavy atom. The molecule has 0 saturated carbocycles. The zero-order valence-electron chi connectivity index (χ0n) is 21.0. The normalized spacial score (nSPS) is 11.2. The molecule has 37 heavy (non-hydrogen) atoms. The molecule has 0 atom stereocenters. The molecular weight excluding hydrogens is 508 g/mol. The molecule has 2 aromatic carbocycles. The Morgan fingerprint density at radius 1 is 1.08 bits per heavy atom. The summed E-state index contributed by atoms with van der Waals surface area (Å²) >= 11 is 2.89. The first-order chi connectivity index (χ1) is 18.0. The monoisotopic (exact) mass is 534 g/mol. The summed E-state index contributed by atoms with van der Waals surface area (Å²) in [6.07, 6.45) is 0.817. The molecule has 5 rings (SSSR count). The van der Waals surface area contributed by atoms with Crippen LogP contribution in [-0.2, 0) is 12.3 Å². The molecular formula is C27H26N4O4S2. The van der Waals surface area contributed by atoms with Crippen molar-refractivity contribution in [1.29, 1.82) is 0 Å². The maximum Gasteiger partial charge on any atom is 0.272 e. The van der Waals surface area contributed by atoms with Gasteiger partial charge in [-0.2, -0.15) is 4.98 Å². The molecule has 190 valence electrons.